The predicted octanol–water partition coefficient (Wildman–Crippen LogP) is 2.43. The van der Waals surface area contributed by atoms with E-state index in [1.807, 2.05) is 11.5 Å². The van der Waals surface area contributed by atoms with Crippen molar-refractivity contribution < 1.29 is 8.42 Å². The summed E-state index contributed by atoms with van der Waals surface area (Å²) in [6.07, 6.45) is 3.56. The number of hydrogen-bond donors (Lipinski definition) is 1. The Hall–Kier alpha value is -0.850. The molecule has 1 aromatic heterocycles. The largest absolute Gasteiger partial charge is 0.349 e. The fraction of sp³-hybridized carbons (Fsp3) is 0.733. The molecule has 1 rings (SSSR count). The number of nitrogens with one attached hydrogen (secondary N) is 1. The van der Waals surface area contributed by atoms with Gasteiger partial charge in [-0.15, -0.1) is 0 Å². The third-order valence-corrected chi connectivity index (χ3v) is 5.19. The van der Waals surface area contributed by atoms with Gasteiger partial charge in [-0.3, -0.25) is 0 Å². The second-order valence-electron chi connectivity index (χ2n) is 5.72. The van der Waals surface area contributed by atoms with E-state index in [4.69, 9.17) is 0 Å². The monoisotopic (exact) mass is 315 g/mol. The minimum atomic E-state index is -3.37. The van der Waals surface area contributed by atoms with Gasteiger partial charge in [0.15, 0.2) is 0 Å². The lowest BCUT2D eigenvalue weighted by Crippen LogP contribution is -2.27. The summed E-state index contributed by atoms with van der Waals surface area (Å²) in [4.78, 5) is 0.396. The van der Waals surface area contributed by atoms with Crippen molar-refractivity contribution in [3.63, 3.8) is 0 Å². The molecule has 0 saturated heterocycles. The van der Waals surface area contributed by atoms with Crippen LogP contribution in [0, 0.1) is 0 Å². The molecule has 0 unspecified atom stereocenters. The van der Waals surface area contributed by atoms with Gasteiger partial charge >= 0.3 is 0 Å². The summed E-state index contributed by atoms with van der Waals surface area (Å²) >= 11 is 0. The van der Waals surface area contributed by atoms with Gasteiger partial charge in [0, 0.05) is 44.6 Å². The van der Waals surface area contributed by atoms with Crippen molar-refractivity contribution in [1.82, 2.24) is 14.2 Å². The van der Waals surface area contributed by atoms with Crippen LogP contribution < -0.4 is 5.32 Å². The van der Waals surface area contributed by atoms with Crippen molar-refractivity contribution in [3.05, 3.63) is 18.0 Å². The molecule has 0 saturated carbocycles. The molecule has 1 heterocycles. The quantitative estimate of drug-likeness (QED) is 0.761. The van der Waals surface area contributed by atoms with Crippen LogP contribution in [0.4, 0.5) is 0 Å². The van der Waals surface area contributed by atoms with Crippen LogP contribution in [0.5, 0.6) is 0 Å². The highest BCUT2D eigenvalue weighted by Crippen LogP contribution is 2.19. The second-order valence-corrected chi connectivity index (χ2v) is 7.77. The molecule has 0 aliphatic carbocycles. The predicted molar refractivity (Wildman–Crippen MR) is 86.8 cm³/mol. The average molecular weight is 315 g/mol. The third kappa shape index (κ3) is 4.83. The molecule has 0 amide bonds. The van der Waals surface area contributed by atoms with Gasteiger partial charge in [-0.2, -0.15) is 0 Å². The summed E-state index contributed by atoms with van der Waals surface area (Å²) in [5.74, 6) is 0. The van der Waals surface area contributed by atoms with E-state index in [9.17, 15) is 8.42 Å². The van der Waals surface area contributed by atoms with Gasteiger partial charge in [0.25, 0.3) is 0 Å². The van der Waals surface area contributed by atoms with Gasteiger partial charge in [0.2, 0.25) is 10.0 Å². The molecule has 0 atom stereocenters. The van der Waals surface area contributed by atoms with Crippen molar-refractivity contribution >= 4 is 10.0 Å². The van der Waals surface area contributed by atoms with E-state index < -0.39 is 10.0 Å². The normalized spacial score (nSPS) is 12.5. The van der Waals surface area contributed by atoms with E-state index in [1.54, 1.807) is 19.3 Å². The Labute approximate surface area is 129 Å². The van der Waals surface area contributed by atoms with Crippen LogP contribution in [0.25, 0.3) is 0 Å². The number of aromatic nitrogens is 1. The summed E-state index contributed by atoms with van der Waals surface area (Å²) in [7, 11) is -1.73. The molecular weight excluding hydrogens is 286 g/mol. The summed E-state index contributed by atoms with van der Waals surface area (Å²) < 4.78 is 28.5. The average Bonchev–Trinajstić information content (AvgIpc) is 2.81. The van der Waals surface area contributed by atoms with Crippen molar-refractivity contribution in [2.75, 3.05) is 13.6 Å². The molecule has 0 fully saturated rings. The van der Waals surface area contributed by atoms with Crippen LogP contribution >= 0.6 is 0 Å². The Bertz CT molecular complexity index is 535. The molecule has 5 nitrogen and oxygen atoms in total. The molecule has 0 radical (unpaired) electrons. The second kappa shape index (κ2) is 7.96. The highest BCUT2D eigenvalue weighted by Gasteiger charge is 2.22. The van der Waals surface area contributed by atoms with Gasteiger partial charge in [-0.25, -0.2) is 12.7 Å². The van der Waals surface area contributed by atoms with E-state index in [-0.39, 0.29) is 0 Å². The first-order valence-electron chi connectivity index (χ1n) is 7.71. The molecule has 0 spiro atoms. The lowest BCUT2D eigenvalue weighted by Gasteiger charge is -2.14. The SMILES string of the molecule is CCCN(C)S(=O)(=O)c1cc(CNC(C)C)n(CCC)c1. The fourth-order valence-corrected chi connectivity index (χ4v) is 3.52. The van der Waals surface area contributed by atoms with Gasteiger partial charge in [-0.1, -0.05) is 27.7 Å². The Morgan fingerprint density at radius 2 is 1.95 bits per heavy atom. The Balaban J connectivity index is 3.05. The Morgan fingerprint density at radius 3 is 2.48 bits per heavy atom. The Kier molecular flexibility index (Phi) is 6.90. The smallest absolute Gasteiger partial charge is 0.244 e. The van der Waals surface area contributed by atoms with Crippen molar-refractivity contribution in [2.24, 2.45) is 0 Å². The highest BCUT2D eigenvalue weighted by molar-refractivity contribution is 7.89. The number of nitrogens with zero attached hydrogens (tertiary/aromatic N) is 2. The zero-order valence-electron chi connectivity index (χ0n) is 13.9. The summed E-state index contributed by atoms with van der Waals surface area (Å²) in [5, 5.41) is 3.35. The van der Waals surface area contributed by atoms with Crippen molar-refractivity contribution in [1.29, 1.82) is 0 Å². The first kappa shape index (κ1) is 18.2. The van der Waals surface area contributed by atoms with Crippen LogP contribution in [0.2, 0.25) is 0 Å². The van der Waals surface area contributed by atoms with E-state index in [2.05, 4.69) is 26.1 Å². The van der Waals surface area contributed by atoms with Gasteiger partial charge in [0.05, 0.1) is 0 Å². The number of aryl methyl sites for hydroxylation is 1. The molecule has 0 bridgehead atoms. The molecule has 21 heavy (non-hydrogen) atoms. The minimum Gasteiger partial charge on any atom is -0.349 e. The first-order valence-corrected chi connectivity index (χ1v) is 9.15. The van der Waals surface area contributed by atoms with E-state index in [1.165, 1.54) is 4.31 Å². The van der Waals surface area contributed by atoms with Gasteiger partial charge < -0.3 is 9.88 Å². The maximum atomic E-state index is 12.5. The summed E-state index contributed by atoms with van der Waals surface area (Å²) in [5.41, 5.74) is 1.02. The zero-order chi connectivity index (χ0) is 16.0. The lowest BCUT2D eigenvalue weighted by atomic mass is 10.3. The number of rotatable bonds is 9. The van der Waals surface area contributed by atoms with Gasteiger partial charge in [-0.05, 0) is 18.9 Å². The maximum Gasteiger partial charge on any atom is 0.244 e. The minimum absolute atomic E-state index is 0.373. The molecule has 0 aliphatic heterocycles. The lowest BCUT2D eigenvalue weighted by molar-refractivity contribution is 0.468. The van der Waals surface area contributed by atoms with Crippen molar-refractivity contribution in [3.8, 4) is 0 Å². The summed E-state index contributed by atoms with van der Waals surface area (Å²) in [6, 6.07) is 2.17. The first-order chi connectivity index (χ1) is 9.82. The van der Waals surface area contributed by atoms with Crippen LogP contribution in [-0.4, -0.2) is 36.9 Å². The van der Waals surface area contributed by atoms with Crippen LogP contribution in [0.1, 0.15) is 46.2 Å². The molecule has 6 heteroatoms. The number of hydrogen-bond acceptors (Lipinski definition) is 3. The molecule has 1 N–H and O–H groups in total. The topological polar surface area (TPSA) is 54.3 Å². The molecule has 122 valence electrons. The van der Waals surface area contributed by atoms with Gasteiger partial charge in [0.1, 0.15) is 4.90 Å². The van der Waals surface area contributed by atoms with Crippen LogP contribution in [-0.2, 0) is 23.1 Å². The van der Waals surface area contributed by atoms with Crippen molar-refractivity contribution in [2.45, 2.75) is 64.6 Å². The highest BCUT2D eigenvalue weighted by atomic mass is 32.2. The molecular formula is C15H29N3O2S. The fourth-order valence-electron chi connectivity index (χ4n) is 2.19. The van der Waals surface area contributed by atoms with Crippen LogP contribution in [0.15, 0.2) is 17.2 Å². The standard InChI is InChI=1S/C15H29N3O2S/c1-6-8-17(5)21(19,20)15-10-14(11-16-13(3)4)18(12-15)9-7-2/h10,12-13,16H,6-9,11H2,1-5H3. The third-order valence-electron chi connectivity index (χ3n) is 3.36. The molecule has 0 aliphatic rings. The molecule has 1 aromatic rings. The maximum absolute atomic E-state index is 12.5. The van der Waals surface area contributed by atoms with E-state index in [0.717, 1.165) is 25.1 Å². The van der Waals surface area contributed by atoms with E-state index in [0.29, 0.717) is 24.0 Å². The molecule has 0 aromatic carbocycles. The number of sulfonamides is 1. The summed E-state index contributed by atoms with van der Waals surface area (Å²) in [6.45, 7) is 10.3. The Morgan fingerprint density at radius 1 is 1.29 bits per heavy atom. The van der Waals surface area contributed by atoms with Crippen LogP contribution in [0.3, 0.4) is 0 Å². The van der Waals surface area contributed by atoms with E-state index >= 15 is 0 Å². The zero-order valence-corrected chi connectivity index (χ0v) is 14.7.